The van der Waals surface area contributed by atoms with Gasteiger partial charge >= 0.3 is 0 Å². The molecule has 14 heavy (non-hydrogen) atoms. The fourth-order valence-electron chi connectivity index (χ4n) is 2.82. The molecular formula is C13H27N. The van der Waals surface area contributed by atoms with Crippen molar-refractivity contribution in [2.24, 2.45) is 17.1 Å². The van der Waals surface area contributed by atoms with Crippen LogP contribution in [0.25, 0.3) is 0 Å². The molecule has 0 aliphatic heterocycles. The van der Waals surface area contributed by atoms with Crippen molar-refractivity contribution in [2.75, 3.05) is 0 Å². The minimum Gasteiger partial charge on any atom is -0.327 e. The van der Waals surface area contributed by atoms with E-state index in [0.29, 0.717) is 11.5 Å². The van der Waals surface area contributed by atoms with Crippen molar-refractivity contribution in [1.29, 1.82) is 0 Å². The topological polar surface area (TPSA) is 26.0 Å². The Hall–Kier alpha value is -0.0400. The zero-order chi connectivity index (χ0) is 10.6. The summed E-state index contributed by atoms with van der Waals surface area (Å²) in [7, 11) is 0. The lowest BCUT2D eigenvalue weighted by molar-refractivity contribution is 0.192. The summed E-state index contributed by atoms with van der Waals surface area (Å²) in [6.45, 7) is 7.06. The minimum atomic E-state index is 0.438. The first-order chi connectivity index (χ1) is 6.61. The molecule has 1 rings (SSSR count). The Bertz CT molecular complexity index is 155. The standard InChI is InChI=1S/C13H27N/c1-4-5-6-7-10-13(3)11(2)8-9-12(13)14/h11-12H,4-10,14H2,1-3H3/t11?,12-,13-/m0/s1. The predicted octanol–water partition coefficient (Wildman–Crippen LogP) is 3.72. The van der Waals surface area contributed by atoms with Crippen LogP contribution in [0, 0.1) is 11.3 Å². The normalized spacial score (nSPS) is 37.7. The van der Waals surface area contributed by atoms with Crippen molar-refractivity contribution in [2.45, 2.75) is 71.8 Å². The SMILES string of the molecule is CCCCCC[C@@]1(C)C(C)CC[C@@H]1N. The molecule has 2 N–H and O–H groups in total. The Morgan fingerprint density at radius 1 is 1.21 bits per heavy atom. The molecule has 1 unspecified atom stereocenters. The van der Waals surface area contributed by atoms with E-state index < -0.39 is 0 Å². The van der Waals surface area contributed by atoms with Gasteiger partial charge < -0.3 is 5.73 Å². The van der Waals surface area contributed by atoms with Crippen LogP contribution < -0.4 is 5.73 Å². The molecule has 1 nitrogen and oxygen atoms in total. The van der Waals surface area contributed by atoms with Gasteiger partial charge in [0.05, 0.1) is 0 Å². The smallest absolute Gasteiger partial charge is 0.00955 e. The predicted molar refractivity (Wildman–Crippen MR) is 63.2 cm³/mol. The maximum Gasteiger partial charge on any atom is 0.00955 e. The second-order valence-corrected chi connectivity index (χ2v) is 5.40. The monoisotopic (exact) mass is 197 g/mol. The van der Waals surface area contributed by atoms with Crippen LogP contribution in [0.2, 0.25) is 0 Å². The van der Waals surface area contributed by atoms with Gasteiger partial charge in [0.2, 0.25) is 0 Å². The highest BCUT2D eigenvalue weighted by atomic mass is 14.7. The van der Waals surface area contributed by atoms with Crippen LogP contribution >= 0.6 is 0 Å². The molecule has 0 aromatic carbocycles. The first-order valence-corrected chi connectivity index (χ1v) is 6.37. The van der Waals surface area contributed by atoms with E-state index in [9.17, 15) is 0 Å². The van der Waals surface area contributed by atoms with Crippen molar-refractivity contribution in [3.8, 4) is 0 Å². The molecule has 3 atom stereocenters. The molecule has 0 aromatic rings. The lowest BCUT2D eigenvalue weighted by Crippen LogP contribution is -2.37. The molecular weight excluding hydrogens is 170 g/mol. The number of unbranched alkanes of at least 4 members (excludes halogenated alkanes) is 3. The van der Waals surface area contributed by atoms with Crippen LogP contribution in [0.4, 0.5) is 0 Å². The van der Waals surface area contributed by atoms with E-state index in [1.165, 1.54) is 44.9 Å². The van der Waals surface area contributed by atoms with Gasteiger partial charge in [-0.05, 0) is 30.6 Å². The van der Waals surface area contributed by atoms with E-state index in [2.05, 4.69) is 20.8 Å². The molecule has 1 fully saturated rings. The first kappa shape index (κ1) is 12.0. The first-order valence-electron chi connectivity index (χ1n) is 6.37. The van der Waals surface area contributed by atoms with Gasteiger partial charge in [-0.15, -0.1) is 0 Å². The Morgan fingerprint density at radius 2 is 1.93 bits per heavy atom. The second-order valence-electron chi connectivity index (χ2n) is 5.40. The summed E-state index contributed by atoms with van der Waals surface area (Å²) >= 11 is 0. The van der Waals surface area contributed by atoms with Crippen molar-refractivity contribution < 1.29 is 0 Å². The molecule has 0 heterocycles. The van der Waals surface area contributed by atoms with Crippen LogP contribution in [-0.2, 0) is 0 Å². The molecule has 0 amide bonds. The average Bonchev–Trinajstić information content (AvgIpc) is 2.42. The number of nitrogens with two attached hydrogens (primary N) is 1. The number of hydrogen-bond donors (Lipinski definition) is 1. The highest BCUT2D eigenvalue weighted by Gasteiger charge is 2.41. The largest absolute Gasteiger partial charge is 0.327 e. The Balaban J connectivity index is 2.32. The van der Waals surface area contributed by atoms with Gasteiger partial charge in [-0.3, -0.25) is 0 Å². The third-order valence-corrected chi connectivity index (χ3v) is 4.45. The van der Waals surface area contributed by atoms with Gasteiger partial charge in [-0.25, -0.2) is 0 Å². The summed E-state index contributed by atoms with van der Waals surface area (Å²) < 4.78 is 0. The van der Waals surface area contributed by atoms with Crippen molar-refractivity contribution in [3.63, 3.8) is 0 Å². The van der Waals surface area contributed by atoms with Crippen LogP contribution in [0.15, 0.2) is 0 Å². The molecule has 1 heteroatoms. The molecule has 0 radical (unpaired) electrons. The third-order valence-electron chi connectivity index (χ3n) is 4.45. The lowest BCUT2D eigenvalue weighted by atomic mass is 9.74. The summed E-state index contributed by atoms with van der Waals surface area (Å²) in [4.78, 5) is 0. The average molecular weight is 197 g/mol. The highest BCUT2D eigenvalue weighted by molar-refractivity contribution is 4.95. The fourth-order valence-corrected chi connectivity index (χ4v) is 2.82. The van der Waals surface area contributed by atoms with Gasteiger partial charge in [-0.1, -0.05) is 46.5 Å². The van der Waals surface area contributed by atoms with Gasteiger partial charge in [0.15, 0.2) is 0 Å². The molecule has 0 spiro atoms. The lowest BCUT2D eigenvalue weighted by Gasteiger charge is -2.33. The zero-order valence-corrected chi connectivity index (χ0v) is 10.2. The summed E-state index contributed by atoms with van der Waals surface area (Å²) in [5.41, 5.74) is 6.66. The molecule has 1 saturated carbocycles. The van der Waals surface area contributed by atoms with Crippen LogP contribution in [-0.4, -0.2) is 6.04 Å². The van der Waals surface area contributed by atoms with Crippen molar-refractivity contribution in [3.05, 3.63) is 0 Å². The Kier molecular flexibility index (Phi) is 4.43. The molecule has 1 aliphatic carbocycles. The van der Waals surface area contributed by atoms with Gasteiger partial charge in [0.1, 0.15) is 0 Å². The Labute approximate surface area is 89.5 Å². The van der Waals surface area contributed by atoms with Crippen molar-refractivity contribution in [1.82, 2.24) is 0 Å². The molecule has 84 valence electrons. The van der Waals surface area contributed by atoms with E-state index in [4.69, 9.17) is 5.73 Å². The number of hydrogen-bond acceptors (Lipinski definition) is 1. The van der Waals surface area contributed by atoms with E-state index in [0.717, 1.165) is 5.92 Å². The summed E-state index contributed by atoms with van der Waals surface area (Å²) in [6.07, 6.45) is 9.41. The molecule has 1 aliphatic rings. The van der Waals surface area contributed by atoms with Crippen LogP contribution in [0.1, 0.15) is 65.7 Å². The Morgan fingerprint density at radius 3 is 2.43 bits per heavy atom. The van der Waals surface area contributed by atoms with Crippen LogP contribution in [0.3, 0.4) is 0 Å². The van der Waals surface area contributed by atoms with Crippen molar-refractivity contribution >= 4 is 0 Å². The van der Waals surface area contributed by atoms with Gasteiger partial charge in [-0.2, -0.15) is 0 Å². The molecule has 0 bridgehead atoms. The summed E-state index contributed by atoms with van der Waals surface area (Å²) in [6, 6.07) is 0.458. The third kappa shape index (κ3) is 2.50. The summed E-state index contributed by atoms with van der Waals surface area (Å²) in [5, 5.41) is 0. The minimum absolute atomic E-state index is 0.438. The second kappa shape index (κ2) is 5.16. The zero-order valence-electron chi connectivity index (χ0n) is 10.2. The van der Waals surface area contributed by atoms with E-state index in [1.54, 1.807) is 0 Å². The van der Waals surface area contributed by atoms with E-state index in [-0.39, 0.29) is 0 Å². The maximum absolute atomic E-state index is 6.22. The number of rotatable bonds is 5. The van der Waals surface area contributed by atoms with Gasteiger partial charge in [0.25, 0.3) is 0 Å². The summed E-state index contributed by atoms with van der Waals surface area (Å²) in [5.74, 6) is 0.833. The fraction of sp³-hybridized carbons (Fsp3) is 1.00. The maximum atomic E-state index is 6.22. The van der Waals surface area contributed by atoms with Gasteiger partial charge in [0, 0.05) is 6.04 Å². The molecule has 0 saturated heterocycles. The quantitative estimate of drug-likeness (QED) is 0.668. The van der Waals surface area contributed by atoms with E-state index in [1.807, 2.05) is 0 Å². The molecule has 0 aromatic heterocycles. The highest BCUT2D eigenvalue weighted by Crippen LogP contribution is 2.45. The van der Waals surface area contributed by atoms with E-state index >= 15 is 0 Å². The van der Waals surface area contributed by atoms with Crippen LogP contribution in [0.5, 0.6) is 0 Å².